The molecule has 0 radical (unpaired) electrons. The Bertz CT molecular complexity index is 528. The molecule has 2 rings (SSSR count). The SMILES string of the molecule is CC(C)NC(=O)N1CCN(c2ccc(F)c(F)c2F)CC1. The molecular weight excluding hydrogens is 283 g/mol. The number of halogens is 3. The van der Waals surface area contributed by atoms with Crippen LogP contribution in [0, 0.1) is 17.5 Å². The van der Waals surface area contributed by atoms with Gasteiger partial charge in [0.05, 0.1) is 5.69 Å². The van der Waals surface area contributed by atoms with Crippen LogP contribution in [0.15, 0.2) is 12.1 Å². The van der Waals surface area contributed by atoms with Crippen molar-refractivity contribution in [2.45, 2.75) is 19.9 Å². The number of nitrogens with zero attached hydrogens (tertiary/aromatic N) is 2. The van der Waals surface area contributed by atoms with Crippen molar-refractivity contribution in [3.8, 4) is 0 Å². The Balaban J connectivity index is 2.01. The summed E-state index contributed by atoms with van der Waals surface area (Å²) in [5, 5.41) is 2.78. The number of carbonyl (C=O) groups is 1. The second-order valence-corrected chi connectivity index (χ2v) is 5.27. The van der Waals surface area contributed by atoms with Crippen LogP contribution >= 0.6 is 0 Å². The first-order valence-corrected chi connectivity index (χ1v) is 6.84. The van der Waals surface area contributed by atoms with Crippen molar-refractivity contribution in [1.82, 2.24) is 10.2 Å². The number of piperazine rings is 1. The predicted octanol–water partition coefficient (Wildman–Crippen LogP) is 2.34. The Hall–Kier alpha value is -1.92. The maximum atomic E-state index is 13.7. The minimum Gasteiger partial charge on any atom is -0.366 e. The third kappa shape index (κ3) is 3.40. The molecule has 2 amide bonds. The Kier molecular flexibility index (Phi) is 4.59. The number of urea groups is 1. The highest BCUT2D eigenvalue weighted by molar-refractivity contribution is 5.74. The van der Waals surface area contributed by atoms with Gasteiger partial charge in [0.1, 0.15) is 0 Å². The van der Waals surface area contributed by atoms with Crippen molar-refractivity contribution < 1.29 is 18.0 Å². The molecule has 1 N–H and O–H groups in total. The van der Waals surface area contributed by atoms with Gasteiger partial charge >= 0.3 is 6.03 Å². The van der Waals surface area contributed by atoms with Crippen molar-refractivity contribution in [3.05, 3.63) is 29.6 Å². The number of anilines is 1. The number of carbonyl (C=O) groups excluding carboxylic acids is 1. The van der Waals surface area contributed by atoms with Crippen LogP contribution in [0.5, 0.6) is 0 Å². The number of hydrogen-bond acceptors (Lipinski definition) is 2. The van der Waals surface area contributed by atoms with E-state index in [-0.39, 0.29) is 17.8 Å². The van der Waals surface area contributed by atoms with Gasteiger partial charge in [-0.25, -0.2) is 18.0 Å². The first-order chi connectivity index (χ1) is 9.90. The molecule has 1 fully saturated rings. The van der Waals surface area contributed by atoms with Crippen LogP contribution in [0.2, 0.25) is 0 Å². The maximum Gasteiger partial charge on any atom is 0.317 e. The molecule has 0 spiro atoms. The van der Waals surface area contributed by atoms with E-state index < -0.39 is 17.5 Å². The van der Waals surface area contributed by atoms with E-state index in [1.807, 2.05) is 13.8 Å². The van der Waals surface area contributed by atoms with Crippen molar-refractivity contribution >= 4 is 11.7 Å². The highest BCUT2D eigenvalue weighted by atomic mass is 19.2. The Morgan fingerprint density at radius 3 is 2.29 bits per heavy atom. The maximum absolute atomic E-state index is 13.7. The summed E-state index contributed by atoms with van der Waals surface area (Å²) in [6, 6.07) is 2.00. The lowest BCUT2D eigenvalue weighted by molar-refractivity contribution is 0.191. The lowest BCUT2D eigenvalue weighted by Crippen LogP contribution is -2.53. The van der Waals surface area contributed by atoms with Gasteiger partial charge in [0.15, 0.2) is 17.5 Å². The van der Waals surface area contributed by atoms with E-state index in [4.69, 9.17) is 0 Å². The molecule has 1 heterocycles. The molecule has 0 aromatic heterocycles. The second-order valence-electron chi connectivity index (χ2n) is 5.27. The molecule has 0 atom stereocenters. The molecule has 0 aliphatic carbocycles. The summed E-state index contributed by atoms with van der Waals surface area (Å²) < 4.78 is 39.9. The highest BCUT2D eigenvalue weighted by Crippen LogP contribution is 2.24. The fourth-order valence-corrected chi connectivity index (χ4v) is 2.25. The summed E-state index contributed by atoms with van der Waals surface area (Å²) in [5.74, 6) is -3.85. The van der Waals surface area contributed by atoms with Crippen LogP contribution in [0.1, 0.15) is 13.8 Å². The number of hydrogen-bond donors (Lipinski definition) is 1. The summed E-state index contributed by atoms with van der Waals surface area (Å²) in [5.41, 5.74) is 0.0258. The molecule has 1 aliphatic heterocycles. The smallest absolute Gasteiger partial charge is 0.317 e. The van der Waals surface area contributed by atoms with E-state index in [1.54, 1.807) is 9.80 Å². The van der Waals surface area contributed by atoms with Crippen LogP contribution in [0.25, 0.3) is 0 Å². The number of amides is 2. The molecule has 7 heteroatoms. The zero-order chi connectivity index (χ0) is 15.6. The monoisotopic (exact) mass is 301 g/mol. The zero-order valence-electron chi connectivity index (χ0n) is 12.0. The molecule has 1 aromatic rings. The molecule has 1 saturated heterocycles. The molecule has 1 aliphatic rings. The van der Waals surface area contributed by atoms with Gasteiger partial charge in [0.2, 0.25) is 0 Å². The Labute approximate surface area is 121 Å². The topological polar surface area (TPSA) is 35.6 Å². The number of benzene rings is 1. The molecule has 4 nitrogen and oxygen atoms in total. The molecule has 0 saturated carbocycles. The number of nitrogens with one attached hydrogen (secondary N) is 1. The van der Waals surface area contributed by atoms with Crippen LogP contribution in [0.3, 0.4) is 0 Å². The third-order valence-corrected chi connectivity index (χ3v) is 3.33. The predicted molar refractivity (Wildman–Crippen MR) is 73.8 cm³/mol. The molecule has 0 unspecified atom stereocenters. The standard InChI is InChI=1S/C14H18F3N3O/c1-9(2)18-14(21)20-7-5-19(6-8-20)11-4-3-10(15)12(16)13(11)17/h3-4,9H,5-8H2,1-2H3,(H,18,21). The second kappa shape index (κ2) is 6.24. The van der Waals surface area contributed by atoms with Crippen molar-refractivity contribution in [3.63, 3.8) is 0 Å². The average Bonchev–Trinajstić information content (AvgIpc) is 2.44. The minimum absolute atomic E-state index is 0.0258. The third-order valence-electron chi connectivity index (χ3n) is 3.33. The van der Waals surface area contributed by atoms with E-state index in [1.165, 1.54) is 6.07 Å². The summed E-state index contributed by atoms with van der Waals surface area (Å²) in [6.07, 6.45) is 0. The van der Waals surface area contributed by atoms with Crippen molar-refractivity contribution in [2.75, 3.05) is 31.1 Å². The molecule has 0 bridgehead atoms. The zero-order valence-corrected chi connectivity index (χ0v) is 12.0. The van der Waals surface area contributed by atoms with Gasteiger partial charge < -0.3 is 15.1 Å². The average molecular weight is 301 g/mol. The summed E-state index contributed by atoms with van der Waals surface area (Å²) in [6.45, 7) is 5.27. The number of rotatable bonds is 2. The first-order valence-electron chi connectivity index (χ1n) is 6.84. The van der Waals surface area contributed by atoms with Gasteiger partial charge in [-0.1, -0.05) is 0 Å². The van der Waals surface area contributed by atoms with Crippen LogP contribution < -0.4 is 10.2 Å². The van der Waals surface area contributed by atoms with Crippen LogP contribution in [0.4, 0.5) is 23.7 Å². The van der Waals surface area contributed by atoms with E-state index in [2.05, 4.69) is 5.32 Å². The molecule has 116 valence electrons. The Morgan fingerprint density at radius 1 is 1.10 bits per heavy atom. The largest absolute Gasteiger partial charge is 0.366 e. The lowest BCUT2D eigenvalue weighted by atomic mass is 10.2. The lowest BCUT2D eigenvalue weighted by Gasteiger charge is -2.36. The highest BCUT2D eigenvalue weighted by Gasteiger charge is 2.24. The van der Waals surface area contributed by atoms with Gasteiger partial charge in [-0.15, -0.1) is 0 Å². The summed E-state index contributed by atoms with van der Waals surface area (Å²) in [4.78, 5) is 15.1. The van der Waals surface area contributed by atoms with Crippen molar-refractivity contribution in [1.29, 1.82) is 0 Å². The van der Waals surface area contributed by atoms with E-state index in [0.717, 1.165) is 6.07 Å². The fourth-order valence-electron chi connectivity index (χ4n) is 2.25. The van der Waals surface area contributed by atoms with Gasteiger partial charge in [0.25, 0.3) is 0 Å². The van der Waals surface area contributed by atoms with E-state index in [9.17, 15) is 18.0 Å². The Morgan fingerprint density at radius 2 is 1.71 bits per heavy atom. The normalized spacial score (nSPS) is 15.5. The van der Waals surface area contributed by atoms with Gasteiger partial charge in [-0.2, -0.15) is 0 Å². The van der Waals surface area contributed by atoms with Crippen LogP contribution in [-0.4, -0.2) is 43.2 Å². The van der Waals surface area contributed by atoms with Gasteiger partial charge in [-0.05, 0) is 26.0 Å². The van der Waals surface area contributed by atoms with Crippen LogP contribution in [-0.2, 0) is 0 Å². The molecular formula is C14H18F3N3O. The quantitative estimate of drug-likeness (QED) is 0.851. The van der Waals surface area contributed by atoms with Crippen molar-refractivity contribution in [2.24, 2.45) is 0 Å². The van der Waals surface area contributed by atoms with Gasteiger partial charge in [-0.3, -0.25) is 0 Å². The summed E-state index contributed by atoms with van der Waals surface area (Å²) in [7, 11) is 0. The summed E-state index contributed by atoms with van der Waals surface area (Å²) >= 11 is 0. The molecule has 21 heavy (non-hydrogen) atoms. The first kappa shape index (κ1) is 15.5. The van der Waals surface area contributed by atoms with Gasteiger partial charge in [0, 0.05) is 32.2 Å². The molecule has 1 aromatic carbocycles. The van der Waals surface area contributed by atoms with E-state index >= 15 is 0 Å². The fraction of sp³-hybridized carbons (Fsp3) is 0.500. The van der Waals surface area contributed by atoms with E-state index in [0.29, 0.717) is 26.2 Å². The minimum atomic E-state index is -1.47.